The molecule has 26 heavy (non-hydrogen) atoms. The fourth-order valence-corrected chi connectivity index (χ4v) is 3.58. The first kappa shape index (κ1) is 17.1. The second-order valence-corrected chi connectivity index (χ2v) is 8.38. The van der Waals surface area contributed by atoms with Gasteiger partial charge in [-0.2, -0.15) is 0 Å². The average Bonchev–Trinajstić information content (AvgIpc) is 3.32. The van der Waals surface area contributed by atoms with Crippen LogP contribution in [0.4, 0.5) is 4.79 Å². The van der Waals surface area contributed by atoms with Gasteiger partial charge in [0.15, 0.2) is 5.65 Å². The number of aromatic nitrogens is 3. The summed E-state index contributed by atoms with van der Waals surface area (Å²) < 4.78 is 7.05. The molecular formula is C19H26N4O3. The average molecular weight is 358 g/mol. The number of nitrogens with one attached hydrogen (secondary N) is 1. The molecule has 1 aliphatic heterocycles. The molecular weight excluding hydrogens is 332 g/mol. The lowest BCUT2D eigenvalue weighted by molar-refractivity contribution is 0.00897. The lowest BCUT2D eigenvalue weighted by Crippen LogP contribution is -2.42. The van der Waals surface area contributed by atoms with E-state index in [-0.39, 0.29) is 17.7 Å². The van der Waals surface area contributed by atoms with Crippen LogP contribution in [0.5, 0.6) is 0 Å². The smallest absolute Gasteiger partial charge is 0.410 e. The van der Waals surface area contributed by atoms with Gasteiger partial charge in [0.1, 0.15) is 5.60 Å². The van der Waals surface area contributed by atoms with E-state index < -0.39 is 5.60 Å². The lowest BCUT2D eigenvalue weighted by atomic mass is 10.00. The summed E-state index contributed by atoms with van der Waals surface area (Å²) in [4.78, 5) is 31.5. The number of ether oxygens (including phenoxy) is 1. The first-order valence-corrected chi connectivity index (χ1v) is 9.44. The third-order valence-corrected chi connectivity index (χ3v) is 4.98. The summed E-state index contributed by atoms with van der Waals surface area (Å²) in [6.45, 7) is 6.27. The number of nitrogens with zero attached hydrogens (tertiary/aromatic N) is 3. The van der Waals surface area contributed by atoms with Crippen LogP contribution < -0.4 is 5.56 Å². The molecule has 2 aliphatic rings. The number of piperidine rings is 1. The molecule has 1 atom stereocenters. The first-order valence-electron chi connectivity index (χ1n) is 9.44. The first-order chi connectivity index (χ1) is 12.3. The zero-order valence-electron chi connectivity index (χ0n) is 15.6. The van der Waals surface area contributed by atoms with Crippen molar-refractivity contribution in [3.05, 3.63) is 33.9 Å². The van der Waals surface area contributed by atoms with Gasteiger partial charge < -0.3 is 4.74 Å². The molecule has 1 N–H and O–H groups in total. The number of fused-ring (bicyclic) bond motifs is 1. The number of H-pyrrole nitrogens is 1. The maximum absolute atomic E-state index is 12.6. The molecule has 0 aromatic carbocycles. The van der Waals surface area contributed by atoms with Crippen molar-refractivity contribution in [2.24, 2.45) is 0 Å². The van der Waals surface area contributed by atoms with Crippen molar-refractivity contribution in [3.8, 4) is 0 Å². The van der Waals surface area contributed by atoms with E-state index in [0.29, 0.717) is 18.1 Å². The van der Waals surface area contributed by atoms with E-state index in [2.05, 4.69) is 10.1 Å². The SMILES string of the molecule is CC(C)(C)OC(=O)N1CCCC[C@H]1c1cc2nc(C3CC3)cc(=O)n2[nH]1. The van der Waals surface area contributed by atoms with Gasteiger partial charge in [-0.3, -0.25) is 14.8 Å². The van der Waals surface area contributed by atoms with E-state index in [1.807, 2.05) is 26.8 Å². The minimum Gasteiger partial charge on any atom is -0.444 e. The molecule has 7 nitrogen and oxygen atoms in total. The number of carbonyl (C=O) groups is 1. The monoisotopic (exact) mass is 358 g/mol. The maximum Gasteiger partial charge on any atom is 0.410 e. The number of carbonyl (C=O) groups excluding carboxylic acids is 1. The molecule has 3 heterocycles. The molecule has 2 aromatic heterocycles. The fraction of sp³-hybridized carbons (Fsp3) is 0.632. The van der Waals surface area contributed by atoms with Crippen LogP contribution in [0.2, 0.25) is 0 Å². The maximum atomic E-state index is 12.6. The Bertz CT molecular complexity index is 888. The highest BCUT2D eigenvalue weighted by Gasteiger charge is 2.33. The van der Waals surface area contributed by atoms with E-state index in [0.717, 1.165) is 43.5 Å². The molecule has 1 aliphatic carbocycles. The predicted molar refractivity (Wildman–Crippen MR) is 97.3 cm³/mol. The Labute approximate surface area is 152 Å². The second-order valence-electron chi connectivity index (χ2n) is 8.38. The summed E-state index contributed by atoms with van der Waals surface area (Å²) >= 11 is 0. The second kappa shape index (κ2) is 6.14. The zero-order valence-corrected chi connectivity index (χ0v) is 15.6. The molecule has 140 valence electrons. The van der Waals surface area contributed by atoms with E-state index in [1.165, 1.54) is 4.52 Å². The van der Waals surface area contributed by atoms with Crippen LogP contribution in [0, 0.1) is 0 Å². The molecule has 0 radical (unpaired) electrons. The highest BCUT2D eigenvalue weighted by molar-refractivity contribution is 5.69. The Morgan fingerprint density at radius 1 is 1.23 bits per heavy atom. The molecule has 1 saturated carbocycles. The summed E-state index contributed by atoms with van der Waals surface area (Å²) in [7, 11) is 0. The van der Waals surface area contributed by atoms with Crippen LogP contribution in [0.1, 0.15) is 76.2 Å². The number of hydrogen-bond donors (Lipinski definition) is 1. The largest absolute Gasteiger partial charge is 0.444 e. The molecule has 2 aromatic rings. The van der Waals surface area contributed by atoms with Crippen LogP contribution in [0.25, 0.3) is 5.65 Å². The van der Waals surface area contributed by atoms with Gasteiger partial charge in [-0.15, -0.1) is 0 Å². The molecule has 1 saturated heterocycles. The van der Waals surface area contributed by atoms with E-state index >= 15 is 0 Å². The Kier molecular flexibility index (Phi) is 4.04. The van der Waals surface area contributed by atoms with Crippen molar-refractivity contribution < 1.29 is 9.53 Å². The third kappa shape index (κ3) is 3.34. The molecule has 4 rings (SSSR count). The predicted octanol–water partition coefficient (Wildman–Crippen LogP) is 3.36. The van der Waals surface area contributed by atoms with Crippen molar-refractivity contribution in [2.45, 2.75) is 70.4 Å². The number of aromatic amines is 1. The van der Waals surface area contributed by atoms with Gasteiger partial charge in [0, 0.05) is 24.6 Å². The summed E-state index contributed by atoms with van der Waals surface area (Å²) in [5.74, 6) is 0.430. The van der Waals surface area contributed by atoms with Crippen molar-refractivity contribution in [1.82, 2.24) is 19.5 Å². The number of hydrogen-bond acceptors (Lipinski definition) is 4. The standard InChI is InChI=1S/C19H26N4O3/c1-19(2,3)26-18(25)22-9-5-4-6-15(22)14-10-16-20-13(12-7-8-12)11-17(24)23(16)21-14/h10-12,15,21H,4-9H2,1-3H3/t15-/m0/s1. The number of likely N-dealkylation sites (tertiary alicyclic amines) is 1. The Balaban J connectivity index is 1.66. The van der Waals surface area contributed by atoms with Crippen LogP contribution >= 0.6 is 0 Å². The molecule has 0 bridgehead atoms. The quantitative estimate of drug-likeness (QED) is 0.893. The third-order valence-electron chi connectivity index (χ3n) is 4.98. The van der Waals surface area contributed by atoms with E-state index in [4.69, 9.17) is 4.74 Å². The van der Waals surface area contributed by atoms with Crippen LogP contribution in [-0.4, -0.2) is 37.7 Å². The molecule has 1 amide bonds. The fourth-order valence-electron chi connectivity index (χ4n) is 3.58. The van der Waals surface area contributed by atoms with Crippen molar-refractivity contribution in [2.75, 3.05) is 6.54 Å². The van der Waals surface area contributed by atoms with Gasteiger partial charge in [-0.05, 0) is 52.9 Å². The molecule has 2 fully saturated rings. The Morgan fingerprint density at radius 3 is 2.69 bits per heavy atom. The minimum atomic E-state index is -0.531. The van der Waals surface area contributed by atoms with Crippen molar-refractivity contribution in [1.29, 1.82) is 0 Å². The zero-order chi connectivity index (χ0) is 18.5. The molecule has 0 spiro atoms. The van der Waals surface area contributed by atoms with Crippen LogP contribution in [-0.2, 0) is 4.74 Å². The normalized spacial score (nSPS) is 21.2. The minimum absolute atomic E-state index is 0.0947. The van der Waals surface area contributed by atoms with Crippen LogP contribution in [0.15, 0.2) is 16.9 Å². The van der Waals surface area contributed by atoms with E-state index in [1.54, 1.807) is 11.0 Å². The Morgan fingerprint density at radius 2 is 2.00 bits per heavy atom. The number of amides is 1. The van der Waals surface area contributed by atoms with Crippen molar-refractivity contribution in [3.63, 3.8) is 0 Å². The molecule has 7 heteroatoms. The van der Waals surface area contributed by atoms with Gasteiger partial charge in [0.2, 0.25) is 0 Å². The Hall–Kier alpha value is -2.31. The highest BCUT2D eigenvalue weighted by Crippen LogP contribution is 2.38. The van der Waals surface area contributed by atoms with Crippen molar-refractivity contribution >= 4 is 11.7 Å². The van der Waals surface area contributed by atoms with Gasteiger partial charge in [0.25, 0.3) is 5.56 Å². The summed E-state index contributed by atoms with van der Waals surface area (Å²) in [5, 5.41) is 3.16. The van der Waals surface area contributed by atoms with Gasteiger partial charge in [0.05, 0.1) is 17.4 Å². The highest BCUT2D eigenvalue weighted by atomic mass is 16.6. The van der Waals surface area contributed by atoms with Gasteiger partial charge in [-0.1, -0.05) is 0 Å². The summed E-state index contributed by atoms with van der Waals surface area (Å²) in [6, 6.07) is 3.40. The summed E-state index contributed by atoms with van der Waals surface area (Å²) in [6.07, 6.45) is 4.75. The summed E-state index contributed by atoms with van der Waals surface area (Å²) in [5.41, 5.74) is 1.73. The van der Waals surface area contributed by atoms with Crippen LogP contribution in [0.3, 0.4) is 0 Å². The molecule has 0 unspecified atom stereocenters. The van der Waals surface area contributed by atoms with Gasteiger partial charge in [-0.25, -0.2) is 14.3 Å². The number of rotatable bonds is 2. The lowest BCUT2D eigenvalue weighted by Gasteiger charge is -2.36. The van der Waals surface area contributed by atoms with E-state index in [9.17, 15) is 9.59 Å². The topological polar surface area (TPSA) is 79.7 Å². The van der Waals surface area contributed by atoms with Gasteiger partial charge >= 0.3 is 6.09 Å².